The molecule has 2 heterocycles. The Morgan fingerprint density at radius 2 is 1.82 bits per heavy atom. The maximum Gasteiger partial charge on any atom is 0.306 e. The molecule has 1 N–H and O–H groups in total. The monoisotopic (exact) mass is 519 g/mol. The predicted octanol–water partition coefficient (Wildman–Crippen LogP) is 5.93. The molecule has 5 rings (SSSR count). The molecule has 1 aliphatic heterocycles. The van der Waals surface area contributed by atoms with Gasteiger partial charge in [-0.15, -0.1) is 0 Å². The van der Waals surface area contributed by atoms with Crippen molar-refractivity contribution < 1.29 is 33.6 Å². The molecule has 0 radical (unpaired) electrons. The number of hydrogen-bond acceptors (Lipinski definition) is 8. The zero-order valence-electron chi connectivity index (χ0n) is 22.6. The molecule has 0 amide bonds. The van der Waals surface area contributed by atoms with Crippen molar-refractivity contribution in [3.63, 3.8) is 0 Å². The number of carbonyl (C=O) groups is 2. The van der Waals surface area contributed by atoms with E-state index in [1.807, 2.05) is 51.1 Å². The lowest BCUT2D eigenvalue weighted by atomic mass is 9.68. The van der Waals surface area contributed by atoms with Crippen LogP contribution < -0.4 is 9.47 Å². The topological polar surface area (TPSA) is 104 Å². The van der Waals surface area contributed by atoms with Gasteiger partial charge < -0.3 is 24.1 Å². The van der Waals surface area contributed by atoms with Gasteiger partial charge in [0, 0.05) is 52.5 Å². The first-order valence-corrected chi connectivity index (χ1v) is 13.0. The van der Waals surface area contributed by atoms with E-state index in [0.717, 1.165) is 22.0 Å². The van der Waals surface area contributed by atoms with Crippen molar-refractivity contribution in [2.45, 2.75) is 72.0 Å². The lowest BCUT2D eigenvalue weighted by Gasteiger charge is -2.47. The van der Waals surface area contributed by atoms with Crippen LogP contribution in [-0.4, -0.2) is 41.3 Å². The molecule has 8 nitrogen and oxygen atoms in total. The highest BCUT2D eigenvalue weighted by molar-refractivity contribution is 6.01. The minimum absolute atomic E-state index is 0.0467. The average molecular weight is 520 g/mol. The van der Waals surface area contributed by atoms with E-state index in [1.54, 1.807) is 13.8 Å². The zero-order valence-corrected chi connectivity index (χ0v) is 22.6. The zero-order chi connectivity index (χ0) is 27.4. The van der Waals surface area contributed by atoms with Crippen molar-refractivity contribution in [3.05, 3.63) is 47.2 Å². The number of benzene rings is 2. The van der Waals surface area contributed by atoms with Crippen molar-refractivity contribution in [1.29, 1.82) is 0 Å². The van der Waals surface area contributed by atoms with E-state index in [4.69, 9.17) is 23.9 Å². The fourth-order valence-electron chi connectivity index (χ4n) is 5.66. The van der Waals surface area contributed by atoms with Gasteiger partial charge in [-0.25, -0.2) is 4.98 Å². The van der Waals surface area contributed by atoms with Gasteiger partial charge in [-0.3, -0.25) is 9.59 Å². The number of aromatic nitrogens is 1. The number of ether oxygens (including phenoxy) is 4. The van der Waals surface area contributed by atoms with Crippen molar-refractivity contribution in [3.8, 4) is 17.2 Å². The van der Waals surface area contributed by atoms with Gasteiger partial charge in [0.1, 0.15) is 11.9 Å². The minimum atomic E-state index is -0.838. The molecule has 0 bridgehead atoms. The number of fused-ring (bicyclic) bond motifs is 4. The van der Waals surface area contributed by atoms with Gasteiger partial charge in [-0.05, 0) is 12.1 Å². The van der Waals surface area contributed by atoms with E-state index >= 15 is 0 Å². The number of carbonyl (C=O) groups excluding carboxylic acids is 2. The van der Waals surface area contributed by atoms with E-state index in [1.165, 1.54) is 7.11 Å². The molecule has 1 aliphatic carbocycles. The van der Waals surface area contributed by atoms with Crippen LogP contribution in [-0.2, 0) is 19.1 Å². The number of phenolic OH excluding ortho intramolecular Hbond substituents is 1. The van der Waals surface area contributed by atoms with Crippen molar-refractivity contribution in [2.75, 3.05) is 7.11 Å². The number of aromatic hydroxyl groups is 1. The molecule has 0 saturated heterocycles. The summed E-state index contributed by atoms with van der Waals surface area (Å²) in [4.78, 5) is 30.0. The van der Waals surface area contributed by atoms with Crippen molar-refractivity contribution in [2.24, 2.45) is 5.41 Å². The second kappa shape index (κ2) is 9.49. The van der Waals surface area contributed by atoms with Gasteiger partial charge in [0.15, 0.2) is 17.6 Å². The number of rotatable bonds is 5. The lowest BCUT2D eigenvalue weighted by Crippen LogP contribution is -2.51. The summed E-state index contributed by atoms with van der Waals surface area (Å²) in [6.45, 7) is 9.38. The summed E-state index contributed by atoms with van der Waals surface area (Å²) in [6, 6.07) is 9.56. The molecule has 0 spiro atoms. The fourth-order valence-corrected chi connectivity index (χ4v) is 5.66. The first kappa shape index (κ1) is 25.8. The van der Waals surface area contributed by atoms with Crippen LogP contribution in [0.2, 0.25) is 0 Å². The third-order valence-electron chi connectivity index (χ3n) is 7.61. The van der Waals surface area contributed by atoms with Crippen LogP contribution in [0.5, 0.6) is 17.2 Å². The number of phenols is 1. The number of nitrogens with zero attached hydrogens (tertiary/aromatic N) is 1. The molecule has 8 heteroatoms. The van der Waals surface area contributed by atoms with E-state index in [9.17, 15) is 14.7 Å². The Morgan fingerprint density at radius 1 is 1.13 bits per heavy atom. The molecule has 3 unspecified atom stereocenters. The van der Waals surface area contributed by atoms with Crippen LogP contribution in [0.1, 0.15) is 65.4 Å². The summed E-state index contributed by atoms with van der Waals surface area (Å²) in [7, 11) is 1.49. The number of para-hydroxylation sites is 1. The highest BCUT2D eigenvalue weighted by atomic mass is 16.6. The summed E-state index contributed by atoms with van der Waals surface area (Å²) >= 11 is 0. The molecular weight excluding hydrogens is 486 g/mol. The first-order valence-electron chi connectivity index (χ1n) is 13.0. The molecule has 200 valence electrons. The summed E-state index contributed by atoms with van der Waals surface area (Å²) < 4.78 is 24.1. The van der Waals surface area contributed by atoms with Crippen LogP contribution >= 0.6 is 0 Å². The Hall–Kier alpha value is -3.81. The van der Waals surface area contributed by atoms with Gasteiger partial charge in [0.05, 0.1) is 18.1 Å². The van der Waals surface area contributed by atoms with E-state index in [0.29, 0.717) is 28.8 Å². The molecule has 38 heavy (non-hydrogen) atoms. The molecule has 2 aliphatic rings. The smallest absolute Gasteiger partial charge is 0.306 e. The Kier molecular flexibility index (Phi) is 6.45. The molecule has 3 aromatic rings. The van der Waals surface area contributed by atoms with Gasteiger partial charge in [-0.2, -0.15) is 0 Å². The molecule has 1 aromatic heterocycles. The molecule has 3 atom stereocenters. The number of esters is 2. The van der Waals surface area contributed by atoms with E-state index in [2.05, 4.69) is 0 Å². The fraction of sp³-hybridized carbons (Fsp3) is 0.433. The van der Waals surface area contributed by atoms with Crippen LogP contribution in [0.3, 0.4) is 0 Å². The maximum atomic E-state index is 12.6. The summed E-state index contributed by atoms with van der Waals surface area (Å²) in [6.07, 6.45) is -0.718. The van der Waals surface area contributed by atoms with Crippen molar-refractivity contribution >= 4 is 33.7 Å². The largest absolute Gasteiger partial charge is 0.504 e. The standard InChI is InChI=1S/C30H33NO7/c1-7-20(32)37-27-22-15(3)23-24-17(13-16-11-9-10-12-18(16)31-24)25(34)28(35-6)26(23)36-19(22)14-30(4,5)29(27)38-21(33)8-2/h9-13,15,27,29,34H,7-8,14H2,1-6H3. The van der Waals surface area contributed by atoms with E-state index in [-0.39, 0.29) is 36.2 Å². The quantitative estimate of drug-likeness (QED) is 0.327. The van der Waals surface area contributed by atoms with Crippen molar-refractivity contribution in [1.82, 2.24) is 4.98 Å². The predicted molar refractivity (Wildman–Crippen MR) is 142 cm³/mol. The summed E-state index contributed by atoms with van der Waals surface area (Å²) in [5.74, 6) is 0.0920. The SMILES string of the molecule is CCC(=O)OC1C2=C(CC(C)(C)C1OC(=O)CC)Oc1c(OC)c(O)c3cc4ccccc4nc3c1C2C. The second-order valence-electron chi connectivity index (χ2n) is 10.6. The highest BCUT2D eigenvalue weighted by Crippen LogP contribution is 2.57. The van der Waals surface area contributed by atoms with Crippen LogP contribution in [0.15, 0.2) is 41.7 Å². The normalized spacial score (nSPS) is 21.9. The van der Waals surface area contributed by atoms with Gasteiger partial charge in [-0.1, -0.05) is 52.8 Å². The summed E-state index contributed by atoms with van der Waals surface area (Å²) in [5.41, 5.74) is 2.20. The number of hydrogen-bond donors (Lipinski definition) is 1. The second-order valence-corrected chi connectivity index (χ2v) is 10.6. The molecule has 2 aromatic carbocycles. The third-order valence-corrected chi connectivity index (χ3v) is 7.61. The van der Waals surface area contributed by atoms with Gasteiger partial charge in [0.25, 0.3) is 0 Å². The molecule has 0 fully saturated rings. The first-order chi connectivity index (χ1) is 18.1. The van der Waals surface area contributed by atoms with Crippen LogP contribution in [0.25, 0.3) is 21.8 Å². The lowest BCUT2D eigenvalue weighted by molar-refractivity contribution is -0.177. The number of pyridine rings is 1. The summed E-state index contributed by atoms with van der Waals surface area (Å²) in [5, 5.41) is 12.6. The van der Waals surface area contributed by atoms with Crippen LogP contribution in [0.4, 0.5) is 0 Å². The number of allylic oxidation sites excluding steroid dienone is 1. The Labute approximate surface area is 221 Å². The van der Waals surface area contributed by atoms with E-state index < -0.39 is 23.6 Å². The maximum absolute atomic E-state index is 12.6. The third kappa shape index (κ3) is 4.03. The number of methoxy groups -OCH3 is 1. The van der Waals surface area contributed by atoms with Gasteiger partial charge in [0.2, 0.25) is 5.75 Å². The molecule has 0 saturated carbocycles. The van der Waals surface area contributed by atoms with Crippen LogP contribution in [0, 0.1) is 5.41 Å². The molecular formula is C30H33NO7. The highest BCUT2D eigenvalue weighted by Gasteiger charge is 2.52. The average Bonchev–Trinajstić information content (AvgIpc) is 2.89. The Morgan fingerprint density at radius 3 is 2.50 bits per heavy atom. The Balaban J connectivity index is 1.76. The van der Waals surface area contributed by atoms with Gasteiger partial charge >= 0.3 is 11.9 Å². The Bertz CT molecular complexity index is 1490. The minimum Gasteiger partial charge on any atom is -0.504 e.